The number of fused-ring (bicyclic) bond motifs is 1. The second-order valence-electron chi connectivity index (χ2n) is 5.26. The Morgan fingerprint density at radius 3 is 2.24 bits per heavy atom. The van der Waals surface area contributed by atoms with Crippen molar-refractivity contribution in [3.05, 3.63) is 0 Å². The van der Waals surface area contributed by atoms with Crippen LogP contribution in [0.25, 0.3) is 0 Å². The van der Waals surface area contributed by atoms with Crippen LogP contribution in [0, 0.1) is 17.8 Å². The minimum absolute atomic E-state index is 0. The number of rotatable bonds is 2. The molecule has 0 radical (unpaired) electrons. The van der Waals surface area contributed by atoms with Crippen LogP contribution in [0.4, 0.5) is 0 Å². The number of aliphatic hydroxyl groups is 1. The second-order valence-corrected chi connectivity index (χ2v) is 6.73. The molecule has 4 atom stereocenters. The van der Waals surface area contributed by atoms with Crippen LogP contribution < -0.4 is 29.6 Å². The monoisotopic (exact) mass is 270 g/mol. The van der Waals surface area contributed by atoms with E-state index in [2.05, 4.69) is 0 Å². The van der Waals surface area contributed by atoms with Gasteiger partial charge in [0.2, 0.25) is 0 Å². The average molecular weight is 270 g/mol. The fourth-order valence-corrected chi connectivity index (χ4v) is 4.12. The summed E-state index contributed by atoms with van der Waals surface area (Å²) >= 11 is 0. The third-order valence-corrected chi connectivity index (χ3v) is 5.26. The van der Waals surface area contributed by atoms with Crippen LogP contribution in [0.15, 0.2) is 0 Å². The Morgan fingerprint density at radius 1 is 1.06 bits per heavy atom. The van der Waals surface area contributed by atoms with Gasteiger partial charge < -0.3 is 9.66 Å². The Hall–Kier alpha value is 0.870. The summed E-state index contributed by atoms with van der Waals surface area (Å²) in [5, 5.41) is 9.50. The van der Waals surface area contributed by atoms with Gasteiger partial charge >= 0.3 is 29.6 Å². The summed E-state index contributed by atoms with van der Waals surface area (Å²) in [4.78, 5) is 0. The van der Waals surface area contributed by atoms with Crippen LogP contribution in [-0.4, -0.2) is 23.5 Å². The quantitative estimate of drug-likeness (QED) is 0.487. The molecular weight excluding hydrogens is 251 g/mol. The fraction of sp³-hybridized carbons (Fsp3) is 1.00. The van der Waals surface area contributed by atoms with Crippen molar-refractivity contribution in [2.45, 2.75) is 50.4 Å². The van der Waals surface area contributed by atoms with Crippen LogP contribution in [0.1, 0.15) is 44.9 Å². The molecule has 6 heteroatoms. The van der Waals surface area contributed by atoms with Gasteiger partial charge in [-0.2, -0.15) is 0 Å². The largest absolute Gasteiger partial charge is 1.00 e. The van der Waals surface area contributed by atoms with Crippen LogP contribution in [-0.2, 0) is 10.1 Å². The van der Waals surface area contributed by atoms with Gasteiger partial charge in [0.15, 0.2) is 0 Å². The Morgan fingerprint density at radius 2 is 1.65 bits per heavy atom. The van der Waals surface area contributed by atoms with Crippen LogP contribution >= 0.6 is 0 Å². The van der Waals surface area contributed by atoms with Gasteiger partial charge in [-0.25, -0.2) is 8.42 Å². The Labute approximate surface area is 125 Å². The van der Waals surface area contributed by atoms with E-state index in [4.69, 9.17) is 0 Å². The predicted molar refractivity (Wildman–Crippen MR) is 58.5 cm³/mol. The van der Waals surface area contributed by atoms with Crippen molar-refractivity contribution >= 4 is 10.1 Å². The van der Waals surface area contributed by atoms with Crippen LogP contribution in [0.2, 0.25) is 0 Å². The molecule has 2 aliphatic carbocycles. The van der Waals surface area contributed by atoms with Gasteiger partial charge in [-0.15, -0.1) is 0 Å². The molecule has 0 amide bonds. The Balaban J connectivity index is 0.00000144. The summed E-state index contributed by atoms with van der Waals surface area (Å²) in [5.74, 6) is 0.900. The van der Waals surface area contributed by atoms with Crippen molar-refractivity contribution in [1.82, 2.24) is 0 Å². The Kier molecular flexibility index (Phi) is 5.95. The molecule has 2 rings (SSSR count). The third-order valence-electron chi connectivity index (χ3n) is 4.28. The number of hydrogen-bond donors (Lipinski definition) is 1. The van der Waals surface area contributed by atoms with Gasteiger partial charge in [-0.1, -0.05) is 25.7 Å². The standard InChI is InChI=1S/C11H20O4S.Na/c12-11(16(13,14)15)10-6-5-8-3-1-2-4-9(8)7-10;/h8-12H,1-7H2,(H,13,14,15);/q;+1/p-1. The summed E-state index contributed by atoms with van der Waals surface area (Å²) in [7, 11) is -4.53. The minimum atomic E-state index is -4.53. The van der Waals surface area contributed by atoms with E-state index >= 15 is 0 Å². The molecule has 0 saturated heterocycles. The molecule has 4 nitrogen and oxygen atoms in total. The maximum atomic E-state index is 10.8. The van der Waals surface area contributed by atoms with Crippen molar-refractivity contribution in [3.8, 4) is 0 Å². The summed E-state index contributed by atoms with van der Waals surface area (Å²) in [6.07, 6.45) is 7.21. The van der Waals surface area contributed by atoms with Gasteiger partial charge in [0.25, 0.3) is 0 Å². The molecule has 17 heavy (non-hydrogen) atoms. The number of aliphatic hydroxyl groups excluding tert-OH is 1. The van der Waals surface area contributed by atoms with E-state index in [1.807, 2.05) is 0 Å². The maximum Gasteiger partial charge on any atom is 1.00 e. The summed E-state index contributed by atoms with van der Waals surface area (Å²) in [6.45, 7) is 0. The van der Waals surface area contributed by atoms with Gasteiger partial charge in [0, 0.05) is 0 Å². The van der Waals surface area contributed by atoms with Crippen molar-refractivity contribution in [2.75, 3.05) is 0 Å². The van der Waals surface area contributed by atoms with Crippen LogP contribution in [0.5, 0.6) is 0 Å². The van der Waals surface area contributed by atoms with E-state index in [0.29, 0.717) is 24.7 Å². The van der Waals surface area contributed by atoms with Crippen molar-refractivity contribution < 1.29 is 47.6 Å². The van der Waals surface area contributed by atoms with Crippen molar-refractivity contribution in [3.63, 3.8) is 0 Å². The zero-order valence-electron chi connectivity index (χ0n) is 10.3. The topological polar surface area (TPSA) is 77.4 Å². The van der Waals surface area contributed by atoms with Gasteiger partial charge in [0.05, 0.1) is 0 Å². The van der Waals surface area contributed by atoms with Gasteiger partial charge in [0.1, 0.15) is 15.6 Å². The first-order chi connectivity index (χ1) is 7.48. The first-order valence-corrected chi connectivity index (χ1v) is 7.58. The van der Waals surface area contributed by atoms with Crippen LogP contribution in [0.3, 0.4) is 0 Å². The molecule has 0 aromatic carbocycles. The first-order valence-electron chi connectivity index (χ1n) is 6.11. The average Bonchev–Trinajstić information content (AvgIpc) is 2.26. The summed E-state index contributed by atoms with van der Waals surface area (Å²) < 4.78 is 32.4. The predicted octanol–water partition coefficient (Wildman–Crippen LogP) is -1.54. The van der Waals surface area contributed by atoms with E-state index in [1.165, 1.54) is 19.3 Å². The Bertz CT molecular complexity index is 343. The van der Waals surface area contributed by atoms with Gasteiger partial charge in [-0.3, -0.25) is 0 Å². The molecule has 2 saturated carbocycles. The third kappa shape index (κ3) is 3.91. The maximum absolute atomic E-state index is 10.8. The molecule has 94 valence electrons. The molecule has 0 spiro atoms. The van der Waals surface area contributed by atoms with Gasteiger partial charge in [-0.05, 0) is 37.0 Å². The number of hydrogen-bond acceptors (Lipinski definition) is 4. The minimum Gasteiger partial charge on any atom is -0.746 e. The molecule has 0 aromatic rings. The van der Waals surface area contributed by atoms with E-state index in [1.54, 1.807) is 0 Å². The van der Waals surface area contributed by atoms with E-state index in [-0.39, 0.29) is 35.5 Å². The first kappa shape index (κ1) is 15.9. The molecule has 0 heterocycles. The SMILES string of the molecule is O=S(=O)([O-])C(O)C1CCC2CCCCC2C1.[Na+]. The second kappa shape index (κ2) is 6.35. The molecule has 2 aliphatic rings. The zero-order valence-corrected chi connectivity index (χ0v) is 13.2. The summed E-state index contributed by atoms with van der Waals surface area (Å²) in [5.41, 5.74) is -1.68. The van der Waals surface area contributed by atoms with Crippen molar-refractivity contribution in [1.29, 1.82) is 0 Å². The molecule has 0 bridgehead atoms. The molecule has 0 aromatic heterocycles. The summed E-state index contributed by atoms with van der Waals surface area (Å²) in [6, 6.07) is 0. The molecular formula is C11H19NaO4S. The molecule has 4 unspecified atom stereocenters. The van der Waals surface area contributed by atoms with Crippen molar-refractivity contribution in [2.24, 2.45) is 17.8 Å². The molecule has 1 N–H and O–H groups in total. The zero-order chi connectivity index (χ0) is 11.8. The van der Waals surface area contributed by atoms with E-state index < -0.39 is 15.6 Å². The molecule has 2 fully saturated rings. The normalized spacial score (nSPS) is 35.5. The van der Waals surface area contributed by atoms with E-state index in [0.717, 1.165) is 12.8 Å². The molecule has 0 aliphatic heterocycles. The van der Waals surface area contributed by atoms with E-state index in [9.17, 15) is 18.1 Å². The smallest absolute Gasteiger partial charge is 0.746 e. The fourth-order valence-electron chi connectivity index (χ4n) is 3.40.